The Morgan fingerprint density at radius 3 is 3.25 bits per heavy atom. The second-order valence-electron chi connectivity index (χ2n) is 4.80. The van der Waals surface area contributed by atoms with Gasteiger partial charge in [-0.15, -0.1) is 22.7 Å². The van der Waals surface area contributed by atoms with Crippen molar-refractivity contribution in [1.82, 2.24) is 10.3 Å². The van der Waals surface area contributed by atoms with Gasteiger partial charge >= 0.3 is 0 Å². The molecule has 106 valence electrons. The van der Waals surface area contributed by atoms with E-state index in [0.717, 1.165) is 43.2 Å². The molecule has 1 aliphatic heterocycles. The Hall–Kier alpha value is -1.24. The summed E-state index contributed by atoms with van der Waals surface area (Å²) in [6.45, 7) is 1.85. The first kappa shape index (κ1) is 13.7. The molecule has 2 N–H and O–H groups in total. The fourth-order valence-corrected chi connectivity index (χ4v) is 3.98. The van der Waals surface area contributed by atoms with E-state index in [0.29, 0.717) is 6.42 Å². The van der Waals surface area contributed by atoms with Crippen LogP contribution in [0.4, 0.5) is 5.13 Å². The van der Waals surface area contributed by atoms with Crippen LogP contribution in [-0.4, -0.2) is 17.4 Å². The van der Waals surface area contributed by atoms with Crippen molar-refractivity contribution in [2.75, 3.05) is 11.9 Å². The molecular weight excluding hydrogens is 290 g/mol. The van der Waals surface area contributed by atoms with E-state index in [-0.39, 0.29) is 5.91 Å². The second kappa shape index (κ2) is 6.47. The normalized spacial score (nSPS) is 14.0. The maximum absolute atomic E-state index is 11.9. The number of hydrogen-bond acceptors (Lipinski definition) is 5. The molecule has 0 atom stereocenters. The van der Waals surface area contributed by atoms with Gasteiger partial charge in [-0.25, -0.2) is 4.98 Å². The van der Waals surface area contributed by atoms with Crippen molar-refractivity contribution < 1.29 is 4.79 Å². The summed E-state index contributed by atoms with van der Waals surface area (Å²) in [6.07, 6.45) is 3.38. The lowest BCUT2D eigenvalue weighted by atomic mass is 10.2. The summed E-state index contributed by atoms with van der Waals surface area (Å²) in [5.41, 5.74) is 1.14. The molecule has 0 radical (unpaired) electrons. The Bertz CT molecular complexity index is 554. The molecule has 2 aromatic heterocycles. The predicted octanol–water partition coefficient (Wildman–Crippen LogP) is 2.81. The zero-order valence-electron chi connectivity index (χ0n) is 11.1. The average molecular weight is 307 g/mol. The van der Waals surface area contributed by atoms with Gasteiger partial charge in [0.15, 0.2) is 5.13 Å². The highest BCUT2D eigenvalue weighted by molar-refractivity contribution is 7.15. The number of anilines is 1. The summed E-state index contributed by atoms with van der Waals surface area (Å²) in [5, 5.41) is 9.06. The van der Waals surface area contributed by atoms with Gasteiger partial charge < -0.3 is 10.6 Å². The maximum Gasteiger partial charge on any atom is 0.226 e. The van der Waals surface area contributed by atoms with Crippen molar-refractivity contribution in [3.63, 3.8) is 0 Å². The molecule has 0 unspecified atom stereocenters. The first-order valence-electron chi connectivity index (χ1n) is 6.83. The molecule has 0 saturated carbocycles. The van der Waals surface area contributed by atoms with Crippen molar-refractivity contribution in [2.45, 2.75) is 32.2 Å². The number of fused-ring (bicyclic) bond motifs is 1. The Balaban J connectivity index is 1.47. The van der Waals surface area contributed by atoms with E-state index in [1.165, 1.54) is 9.75 Å². The molecule has 4 nitrogen and oxygen atoms in total. The van der Waals surface area contributed by atoms with Crippen molar-refractivity contribution >= 4 is 33.7 Å². The van der Waals surface area contributed by atoms with Gasteiger partial charge in [-0.3, -0.25) is 4.79 Å². The summed E-state index contributed by atoms with van der Waals surface area (Å²) in [5.74, 6) is 0.0700. The summed E-state index contributed by atoms with van der Waals surface area (Å²) < 4.78 is 0. The molecule has 0 fully saturated rings. The molecule has 3 rings (SSSR count). The molecule has 0 spiro atoms. The smallest absolute Gasteiger partial charge is 0.226 e. The van der Waals surface area contributed by atoms with Crippen molar-refractivity contribution in [3.8, 4) is 0 Å². The molecule has 0 aliphatic carbocycles. The van der Waals surface area contributed by atoms with E-state index in [1.807, 2.05) is 6.07 Å². The summed E-state index contributed by atoms with van der Waals surface area (Å²) >= 11 is 3.34. The fourth-order valence-electron chi connectivity index (χ4n) is 2.24. The molecule has 0 bridgehead atoms. The van der Waals surface area contributed by atoms with Crippen LogP contribution in [0.3, 0.4) is 0 Å². The predicted molar refractivity (Wildman–Crippen MR) is 83.4 cm³/mol. The highest BCUT2D eigenvalue weighted by Crippen LogP contribution is 2.25. The number of amides is 1. The van der Waals surface area contributed by atoms with Crippen LogP contribution < -0.4 is 10.6 Å². The number of nitrogens with one attached hydrogen (secondary N) is 2. The molecule has 0 aromatic carbocycles. The zero-order valence-corrected chi connectivity index (χ0v) is 12.8. The van der Waals surface area contributed by atoms with E-state index in [9.17, 15) is 4.79 Å². The largest absolute Gasteiger partial charge is 0.311 e. The third-order valence-electron chi connectivity index (χ3n) is 3.26. The molecule has 0 saturated heterocycles. The van der Waals surface area contributed by atoms with Crippen LogP contribution in [0.15, 0.2) is 17.5 Å². The number of thiazole rings is 1. The van der Waals surface area contributed by atoms with E-state index in [2.05, 4.69) is 27.1 Å². The minimum Gasteiger partial charge on any atom is -0.311 e. The number of rotatable bonds is 5. The van der Waals surface area contributed by atoms with Crippen molar-refractivity contribution in [1.29, 1.82) is 0 Å². The number of carbonyl (C=O) groups is 1. The first-order chi connectivity index (χ1) is 9.81. The first-order valence-corrected chi connectivity index (χ1v) is 8.52. The molecule has 1 amide bonds. The third-order valence-corrected chi connectivity index (χ3v) is 5.21. The van der Waals surface area contributed by atoms with E-state index >= 15 is 0 Å². The van der Waals surface area contributed by atoms with Gasteiger partial charge in [-0.05, 0) is 24.3 Å². The van der Waals surface area contributed by atoms with Gasteiger partial charge in [-0.1, -0.05) is 6.07 Å². The quantitative estimate of drug-likeness (QED) is 0.893. The topological polar surface area (TPSA) is 54.0 Å². The van der Waals surface area contributed by atoms with Crippen LogP contribution in [0.5, 0.6) is 0 Å². The van der Waals surface area contributed by atoms with Crippen LogP contribution in [0, 0.1) is 0 Å². The number of aromatic nitrogens is 1. The minimum absolute atomic E-state index is 0.0700. The van der Waals surface area contributed by atoms with Gasteiger partial charge in [0.1, 0.15) is 0 Å². The lowest BCUT2D eigenvalue weighted by Crippen LogP contribution is -2.22. The van der Waals surface area contributed by atoms with Gasteiger partial charge in [0.2, 0.25) is 5.91 Å². The molecular formula is C14H17N3OS2. The number of thiophene rings is 1. The van der Waals surface area contributed by atoms with Gasteiger partial charge in [-0.2, -0.15) is 0 Å². The van der Waals surface area contributed by atoms with E-state index < -0.39 is 0 Å². The van der Waals surface area contributed by atoms with Crippen molar-refractivity contribution in [2.24, 2.45) is 0 Å². The van der Waals surface area contributed by atoms with Gasteiger partial charge in [0.05, 0.1) is 5.69 Å². The summed E-state index contributed by atoms with van der Waals surface area (Å²) in [6, 6.07) is 4.17. The lowest BCUT2D eigenvalue weighted by Gasteiger charge is -2.09. The van der Waals surface area contributed by atoms with Gasteiger partial charge in [0.25, 0.3) is 0 Å². The molecule has 6 heteroatoms. The monoisotopic (exact) mass is 307 g/mol. The lowest BCUT2D eigenvalue weighted by molar-refractivity contribution is -0.116. The molecule has 3 heterocycles. The maximum atomic E-state index is 11.9. The van der Waals surface area contributed by atoms with Gasteiger partial charge in [0, 0.05) is 35.7 Å². The van der Waals surface area contributed by atoms with Crippen LogP contribution in [-0.2, 0) is 24.2 Å². The SMILES string of the molecule is O=C(CCCc1cccs1)Nc1nc2c(s1)CNCC2. The van der Waals surface area contributed by atoms with Crippen LogP contribution in [0.2, 0.25) is 0 Å². The number of hydrogen-bond donors (Lipinski definition) is 2. The standard InChI is InChI=1S/C14H17N3OS2/c18-13(5-1-3-10-4-2-8-19-10)17-14-16-11-6-7-15-9-12(11)20-14/h2,4,8,15H,1,3,5-7,9H2,(H,16,17,18). The number of aryl methyl sites for hydroxylation is 1. The number of carbonyl (C=O) groups excluding carboxylic acids is 1. The zero-order chi connectivity index (χ0) is 13.8. The fraction of sp³-hybridized carbons (Fsp3) is 0.429. The molecule has 20 heavy (non-hydrogen) atoms. The Kier molecular flexibility index (Phi) is 4.44. The van der Waals surface area contributed by atoms with Crippen LogP contribution in [0.25, 0.3) is 0 Å². The summed E-state index contributed by atoms with van der Waals surface area (Å²) in [7, 11) is 0. The number of nitrogens with zero attached hydrogens (tertiary/aromatic N) is 1. The van der Waals surface area contributed by atoms with Crippen LogP contribution in [0.1, 0.15) is 28.3 Å². The van der Waals surface area contributed by atoms with Crippen molar-refractivity contribution in [3.05, 3.63) is 33.0 Å². The molecule has 2 aromatic rings. The Labute approximate surface area is 126 Å². The second-order valence-corrected chi connectivity index (χ2v) is 6.91. The Morgan fingerprint density at radius 2 is 2.45 bits per heavy atom. The van der Waals surface area contributed by atoms with Crippen LogP contribution >= 0.6 is 22.7 Å². The average Bonchev–Trinajstić information content (AvgIpc) is 3.06. The highest BCUT2D eigenvalue weighted by atomic mass is 32.1. The highest BCUT2D eigenvalue weighted by Gasteiger charge is 2.15. The molecule has 1 aliphatic rings. The Morgan fingerprint density at radius 1 is 1.50 bits per heavy atom. The van der Waals surface area contributed by atoms with E-state index in [4.69, 9.17) is 0 Å². The third kappa shape index (κ3) is 3.45. The van der Waals surface area contributed by atoms with E-state index in [1.54, 1.807) is 22.7 Å². The summed E-state index contributed by atoms with van der Waals surface area (Å²) in [4.78, 5) is 19.0. The minimum atomic E-state index is 0.0700.